The molecule has 1 aromatic rings. The first-order chi connectivity index (χ1) is 10.7. The molecule has 0 bridgehead atoms. The van der Waals surface area contributed by atoms with Crippen molar-refractivity contribution in [2.24, 2.45) is 0 Å². The summed E-state index contributed by atoms with van der Waals surface area (Å²) in [6.45, 7) is 3.57. The van der Waals surface area contributed by atoms with Crippen molar-refractivity contribution in [1.82, 2.24) is 10.2 Å². The van der Waals surface area contributed by atoms with Crippen LogP contribution in [0.25, 0.3) is 0 Å². The lowest BCUT2D eigenvalue weighted by Gasteiger charge is -2.14. The number of ether oxygens (including phenoxy) is 1. The zero-order chi connectivity index (χ0) is 15.8. The summed E-state index contributed by atoms with van der Waals surface area (Å²) < 4.78 is 4.47. The van der Waals surface area contributed by atoms with Crippen molar-refractivity contribution in [2.45, 2.75) is 19.4 Å². The van der Waals surface area contributed by atoms with E-state index >= 15 is 0 Å². The Bertz CT molecular complexity index is 531. The van der Waals surface area contributed by atoms with Gasteiger partial charge < -0.3 is 10.1 Å². The highest BCUT2D eigenvalue weighted by Gasteiger charge is 2.12. The molecular weight excluding hydrogens is 280 g/mol. The summed E-state index contributed by atoms with van der Waals surface area (Å²) in [7, 11) is 1.31. The fraction of sp³-hybridized carbons (Fsp3) is 0.412. The minimum Gasteiger partial charge on any atom is -0.466 e. The SMILES string of the molecule is COC(=O)/C=C/CNC(=O)c1ccc(CN2CCCC2)cc1. The van der Waals surface area contributed by atoms with Gasteiger partial charge in [0, 0.05) is 24.7 Å². The molecule has 1 N–H and O–H groups in total. The Morgan fingerprint density at radius 2 is 1.91 bits per heavy atom. The van der Waals surface area contributed by atoms with E-state index in [2.05, 4.69) is 15.0 Å². The van der Waals surface area contributed by atoms with E-state index in [1.54, 1.807) is 6.08 Å². The average Bonchev–Trinajstić information content (AvgIpc) is 3.04. The number of hydrogen-bond acceptors (Lipinski definition) is 4. The average molecular weight is 302 g/mol. The monoisotopic (exact) mass is 302 g/mol. The first-order valence-electron chi connectivity index (χ1n) is 7.53. The fourth-order valence-corrected chi connectivity index (χ4v) is 2.44. The second-order valence-corrected chi connectivity index (χ2v) is 5.32. The summed E-state index contributed by atoms with van der Waals surface area (Å²) in [5.41, 5.74) is 1.85. The van der Waals surface area contributed by atoms with E-state index in [1.165, 1.54) is 31.6 Å². The Balaban J connectivity index is 1.80. The number of nitrogens with zero attached hydrogens (tertiary/aromatic N) is 1. The highest BCUT2D eigenvalue weighted by molar-refractivity contribution is 5.94. The predicted octanol–water partition coefficient (Wildman–Crippen LogP) is 1.74. The topological polar surface area (TPSA) is 58.6 Å². The van der Waals surface area contributed by atoms with E-state index in [-0.39, 0.29) is 5.91 Å². The van der Waals surface area contributed by atoms with Crippen molar-refractivity contribution in [3.63, 3.8) is 0 Å². The number of carbonyl (C=O) groups excluding carboxylic acids is 2. The zero-order valence-corrected chi connectivity index (χ0v) is 12.9. The van der Waals surface area contributed by atoms with Gasteiger partial charge in [-0.05, 0) is 43.6 Å². The van der Waals surface area contributed by atoms with Gasteiger partial charge in [0.2, 0.25) is 0 Å². The first-order valence-corrected chi connectivity index (χ1v) is 7.53. The number of methoxy groups -OCH3 is 1. The normalized spacial score (nSPS) is 15.1. The van der Waals surface area contributed by atoms with Crippen LogP contribution < -0.4 is 5.32 Å². The van der Waals surface area contributed by atoms with Gasteiger partial charge in [0.05, 0.1) is 7.11 Å². The third-order valence-electron chi connectivity index (χ3n) is 3.66. The molecular formula is C17H22N2O3. The van der Waals surface area contributed by atoms with Crippen LogP contribution in [0.4, 0.5) is 0 Å². The van der Waals surface area contributed by atoms with E-state index in [0.717, 1.165) is 19.6 Å². The molecule has 118 valence electrons. The third-order valence-corrected chi connectivity index (χ3v) is 3.66. The lowest BCUT2D eigenvalue weighted by molar-refractivity contribution is -0.134. The van der Waals surface area contributed by atoms with Crippen LogP contribution >= 0.6 is 0 Å². The number of esters is 1. The molecule has 1 saturated heterocycles. The summed E-state index contributed by atoms with van der Waals surface area (Å²) in [5, 5.41) is 2.73. The van der Waals surface area contributed by atoms with Gasteiger partial charge in [-0.1, -0.05) is 18.2 Å². The van der Waals surface area contributed by atoms with Crippen LogP contribution in [-0.2, 0) is 16.1 Å². The number of likely N-dealkylation sites (tertiary alicyclic amines) is 1. The molecule has 0 aromatic heterocycles. The molecule has 5 heteroatoms. The van der Waals surface area contributed by atoms with E-state index in [1.807, 2.05) is 24.3 Å². The van der Waals surface area contributed by atoms with Crippen molar-refractivity contribution in [1.29, 1.82) is 0 Å². The molecule has 0 unspecified atom stereocenters. The lowest BCUT2D eigenvalue weighted by Crippen LogP contribution is -2.23. The largest absolute Gasteiger partial charge is 0.466 e. The maximum atomic E-state index is 11.9. The van der Waals surface area contributed by atoms with Crippen LogP contribution in [0, 0.1) is 0 Å². The molecule has 1 amide bonds. The fourth-order valence-electron chi connectivity index (χ4n) is 2.44. The first kappa shape index (κ1) is 16.2. The molecule has 22 heavy (non-hydrogen) atoms. The Hall–Kier alpha value is -2.14. The number of benzene rings is 1. The second-order valence-electron chi connectivity index (χ2n) is 5.32. The van der Waals surface area contributed by atoms with E-state index in [4.69, 9.17) is 0 Å². The molecule has 1 aromatic carbocycles. The van der Waals surface area contributed by atoms with Crippen molar-refractivity contribution < 1.29 is 14.3 Å². The molecule has 0 spiro atoms. The Labute approximate surface area is 130 Å². The number of nitrogens with one attached hydrogen (secondary N) is 1. The second kappa shape index (κ2) is 8.34. The summed E-state index contributed by atoms with van der Waals surface area (Å²) in [5.74, 6) is -0.581. The van der Waals surface area contributed by atoms with Crippen molar-refractivity contribution in [3.8, 4) is 0 Å². The highest BCUT2D eigenvalue weighted by atomic mass is 16.5. The standard InChI is InChI=1S/C17H22N2O3/c1-22-16(20)5-4-10-18-17(21)15-8-6-14(7-9-15)13-19-11-2-3-12-19/h4-9H,2-3,10-13H2,1H3,(H,18,21)/b5-4+. The molecule has 1 aliphatic rings. The van der Waals surface area contributed by atoms with E-state index in [9.17, 15) is 9.59 Å². The molecule has 1 heterocycles. The van der Waals surface area contributed by atoms with Gasteiger partial charge >= 0.3 is 5.97 Å². The number of amides is 1. The smallest absolute Gasteiger partial charge is 0.330 e. The minimum absolute atomic E-state index is 0.151. The minimum atomic E-state index is -0.430. The van der Waals surface area contributed by atoms with E-state index < -0.39 is 5.97 Å². The molecule has 1 fully saturated rings. The molecule has 1 aliphatic heterocycles. The van der Waals surface area contributed by atoms with Crippen molar-refractivity contribution in [3.05, 3.63) is 47.5 Å². The summed E-state index contributed by atoms with van der Waals surface area (Å²) >= 11 is 0. The van der Waals surface area contributed by atoms with Crippen LogP contribution in [0.5, 0.6) is 0 Å². The van der Waals surface area contributed by atoms with Crippen molar-refractivity contribution >= 4 is 11.9 Å². The zero-order valence-electron chi connectivity index (χ0n) is 12.9. The molecule has 2 rings (SSSR count). The maximum absolute atomic E-state index is 11.9. The van der Waals surface area contributed by atoms with Crippen LogP contribution in [0.1, 0.15) is 28.8 Å². The van der Waals surface area contributed by atoms with Crippen LogP contribution in [-0.4, -0.2) is 43.5 Å². The van der Waals surface area contributed by atoms with Gasteiger partial charge in [0.1, 0.15) is 0 Å². The van der Waals surface area contributed by atoms with Crippen LogP contribution in [0.2, 0.25) is 0 Å². The number of hydrogen-bond donors (Lipinski definition) is 1. The Kier molecular flexibility index (Phi) is 6.15. The highest BCUT2D eigenvalue weighted by Crippen LogP contribution is 2.13. The van der Waals surface area contributed by atoms with Crippen molar-refractivity contribution in [2.75, 3.05) is 26.7 Å². The molecule has 0 radical (unpaired) electrons. The Morgan fingerprint density at radius 1 is 1.23 bits per heavy atom. The van der Waals surface area contributed by atoms with Gasteiger partial charge in [0.25, 0.3) is 5.91 Å². The molecule has 0 saturated carbocycles. The van der Waals surface area contributed by atoms with Gasteiger partial charge in [-0.15, -0.1) is 0 Å². The third kappa shape index (κ3) is 5.00. The maximum Gasteiger partial charge on any atom is 0.330 e. The summed E-state index contributed by atoms with van der Waals surface area (Å²) in [6.07, 6.45) is 5.41. The predicted molar refractivity (Wildman–Crippen MR) is 84.4 cm³/mol. The number of rotatable bonds is 6. The van der Waals surface area contributed by atoms with Gasteiger partial charge in [0.15, 0.2) is 0 Å². The Morgan fingerprint density at radius 3 is 2.55 bits per heavy atom. The quantitative estimate of drug-likeness (QED) is 0.642. The van der Waals surface area contributed by atoms with Gasteiger partial charge in [-0.2, -0.15) is 0 Å². The molecule has 0 aliphatic carbocycles. The lowest BCUT2D eigenvalue weighted by atomic mass is 10.1. The van der Waals surface area contributed by atoms with Gasteiger partial charge in [-0.3, -0.25) is 9.69 Å². The van der Waals surface area contributed by atoms with Crippen LogP contribution in [0.3, 0.4) is 0 Å². The summed E-state index contributed by atoms with van der Waals surface area (Å²) in [6, 6.07) is 7.67. The van der Waals surface area contributed by atoms with E-state index in [0.29, 0.717) is 12.1 Å². The molecule has 0 atom stereocenters. The van der Waals surface area contributed by atoms with Gasteiger partial charge in [-0.25, -0.2) is 4.79 Å². The summed E-state index contributed by atoms with van der Waals surface area (Å²) in [4.78, 5) is 25.2. The van der Waals surface area contributed by atoms with Crippen LogP contribution in [0.15, 0.2) is 36.4 Å². The number of carbonyl (C=O) groups is 2. The molecule has 5 nitrogen and oxygen atoms in total.